The maximum atomic E-state index is 12.0. The van der Waals surface area contributed by atoms with Crippen LogP contribution in [0.4, 0.5) is 5.69 Å². The predicted octanol–water partition coefficient (Wildman–Crippen LogP) is 2.38. The normalized spacial score (nSPS) is 10.7. The maximum absolute atomic E-state index is 12.0. The van der Waals surface area contributed by atoms with Crippen molar-refractivity contribution < 1.29 is 9.21 Å². The lowest BCUT2D eigenvalue weighted by Gasteiger charge is -2.02. The zero-order valence-corrected chi connectivity index (χ0v) is 11.4. The number of pyridine rings is 1. The lowest BCUT2D eigenvalue weighted by molar-refractivity contribution is 0.0928. The van der Waals surface area contributed by atoms with Crippen LogP contribution in [-0.4, -0.2) is 17.4 Å². The molecule has 0 bridgehead atoms. The summed E-state index contributed by atoms with van der Waals surface area (Å²) in [5, 5.41) is 3.67. The number of nitrogens with one attached hydrogen (secondary N) is 1. The van der Waals surface area contributed by atoms with Crippen molar-refractivity contribution >= 4 is 22.6 Å². The molecule has 0 atom stereocenters. The average Bonchev–Trinajstić information content (AvgIpc) is 2.91. The molecule has 106 valence electrons. The van der Waals surface area contributed by atoms with E-state index in [2.05, 4.69) is 10.3 Å². The summed E-state index contributed by atoms with van der Waals surface area (Å²) in [6.07, 6.45) is 4.23. The molecule has 0 aliphatic carbocycles. The molecule has 3 aromatic rings. The number of benzene rings is 1. The summed E-state index contributed by atoms with van der Waals surface area (Å²) in [6.45, 7) is 0.544. The number of anilines is 1. The first-order chi connectivity index (χ1) is 10.2. The zero-order chi connectivity index (χ0) is 14.7. The van der Waals surface area contributed by atoms with Gasteiger partial charge in [0.15, 0.2) is 5.76 Å². The smallest absolute Gasteiger partial charge is 0.287 e. The highest BCUT2D eigenvalue weighted by Crippen LogP contribution is 2.21. The van der Waals surface area contributed by atoms with Gasteiger partial charge in [-0.25, -0.2) is 0 Å². The van der Waals surface area contributed by atoms with E-state index in [1.54, 1.807) is 36.7 Å². The molecule has 1 amide bonds. The lowest BCUT2D eigenvalue weighted by Crippen LogP contribution is -2.25. The number of amides is 1. The molecule has 0 unspecified atom stereocenters. The quantitative estimate of drug-likeness (QED) is 0.719. The highest BCUT2D eigenvalue weighted by molar-refractivity contribution is 5.96. The highest BCUT2D eigenvalue weighted by Gasteiger charge is 2.11. The maximum Gasteiger partial charge on any atom is 0.287 e. The van der Waals surface area contributed by atoms with Crippen molar-refractivity contribution in [3.8, 4) is 0 Å². The third kappa shape index (κ3) is 3.02. The van der Waals surface area contributed by atoms with Crippen LogP contribution in [0.1, 0.15) is 16.1 Å². The van der Waals surface area contributed by atoms with Gasteiger partial charge in [-0.3, -0.25) is 9.78 Å². The van der Waals surface area contributed by atoms with Crippen LogP contribution in [-0.2, 0) is 6.42 Å². The number of fused-ring (bicyclic) bond motifs is 1. The van der Waals surface area contributed by atoms with Crippen molar-refractivity contribution in [1.82, 2.24) is 10.3 Å². The van der Waals surface area contributed by atoms with E-state index in [0.29, 0.717) is 23.6 Å². The number of nitrogens with two attached hydrogens (primary N) is 1. The second-order valence-electron chi connectivity index (χ2n) is 4.77. The van der Waals surface area contributed by atoms with Crippen LogP contribution in [0.3, 0.4) is 0 Å². The van der Waals surface area contributed by atoms with Crippen LogP contribution in [0, 0.1) is 0 Å². The molecular formula is C16H15N3O2. The standard InChI is InChI=1S/C16H15N3O2/c17-13-1-2-14-12(9-13)10-15(21-14)16(20)19-8-5-11-3-6-18-7-4-11/h1-4,6-7,9-10H,5,8,17H2,(H,19,20). The van der Waals surface area contributed by atoms with Gasteiger partial charge in [0.2, 0.25) is 0 Å². The number of nitrogens with zero attached hydrogens (tertiary/aromatic N) is 1. The summed E-state index contributed by atoms with van der Waals surface area (Å²) >= 11 is 0. The molecule has 3 N–H and O–H groups in total. The van der Waals surface area contributed by atoms with E-state index in [0.717, 1.165) is 17.4 Å². The third-order valence-corrected chi connectivity index (χ3v) is 3.21. The topological polar surface area (TPSA) is 81.1 Å². The van der Waals surface area contributed by atoms with Crippen LogP contribution in [0.25, 0.3) is 11.0 Å². The molecule has 0 saturated heterocycles. The van der Waals surface area contributed by atoms with Gasteiger partial charge >= 0.3 is 0 Å². The minimum absolute atomic E-state index is 0.223. The molecule has 1 aromatic carbocycles. The molecule has 0 aliphatic rings. The summed E-state index contributed by atoms with van der Waals surface area (Å²) in [7, 11) is 0. The Kier molecular flexibility index (Phi) is 3.55. The average molecular weight is 281 g/mol. The van der Waals surface area contributed by atoms with Gasteiger partial charge in [-0.2, -0.15) is 0 Å². The fraction of sp³-hybridized carbons (Fsp3) is 0.125. The van der Waals surface area contributed by atoms with E-state index in [4.69, 9.17) is 10.2 Å². The Morgan fingerprint density at radius 3 is 2.81 bits per heavy atom. The molecule has 3 rings (SSSR count). The second kappa shape index (κ2) is 5.66. The van der Waals surface area contributed by atoms with Crippen LogP contribution in [0.5, 0.6) is 0 Å². The summed E-state index contributed by atoms with van der Waals surface area (Å²) in [5.74, 6) is 0.0733. The van der Waals surface area contributed by atoms with Crippen LogP contribution in [0.15, 0.2) is 53.2 Å². The first-order valence-corrected chi connectivity index (χ1v) is 6.68. The van der Waals surface area contributed by atoms with Crippen molar-refractivity contribution in [3.63, 3.8) is 0 Å². The molecule has 0 radical (unpaired) electrons. The third-order valence-electron chi connectivity index (χ3n) is 3.21. The highest BCUT2D eigenvalue weighted by atomic mass is 16.3. The van der Waals surface area contributed by atoms with E-state index in [1.807, 2.05) is 12.1 Å². The molecule has 2 heterocycles. The number of aromatic nitrogens is 1. The van der Waals surface area contributed by atoms with Gasteiger partial charge in [-0.05, 0) is 48.4 Å². The monoisotopic (exact) mass is 281 g/mol. The van der Waals surface area contributed by atoms with Crippen LogP contribution < -0.4 is 11.1 Å². The number of hydrogen-bond acceptors (Lipinski definition) is 4. The second-order valence-corrected chi connectivity index (χ2v) is 4.77. The van der Waals surface area contributed by atoms with Gasteiger partial charge in [0.1, 0.15) is 5.58 Å². The number of carbonyl (C=O) groups is 1. The molecule has 0 fully saturated rings. The van der Waals surface area contributed by atoms with Crippen molar-refractivity contribution in [1.29, 1.82) is 0 Å². The Hall–Kier alpha value is -2.82. The van der Waals surface area contributed by atoms with Crippen LogP contribution in [0.2, 0.25) is 0 Å². The van der Waals surface area contributed by atoms with Crippen LogP contribution >= 0.6 is 0 Å². The molecule has 0 saturated carbocycles. The number of furan rings is 1. The molecule has 0 aliphatic heterocycles. The fourth-order valence-corrected chi connectivity index (χ4v) is 2.13. The van der Waals surface area contributed by atoms with Gasteiger partial charge in [0.25, 0.3) is 5.91 Å². The fourth-order valence-electron chi connectivity index (χ4n) is 2.13. The van der Waals surface area contributed by atoms with Crippen molar-refractivity contribution in [2.24, 2.45) is 0 Å². The van der Waals surface area contributed by atoms with E-state index in [-0.39, 0.29) is 5.91 Å². The van der Waals surface area contributed by atoms with E-state index in [1.165, 1.54) is 0 Å². The minimum Gasteiger partial charge on any atom is -0.451 e. The first-order valence-electron chi connectivity index (χ1n) is 6.68. The Labute approximate surface area is 121 Å². The SMILES string of the molecule is Nc1ccc2oc(C(=O)NCCc3ccncc3)cc2c1. The first kappa shape index (κ1) is 13.2. The Bertz CT molecular complexity index is 766. The summed E-state index contributed by atoms with van der Waals surface area (Å²) in [6, 6.07) is 10.8. The van der Waals surface area contributed by atoms with Gasteiger partial charge in [0, 0.05) is 30.0 Å². The molecule has 21 heavy (non-hydrogen) atoms. The number of nitrogen functional groups attached to an aromatic ring is 1. The Balaban J connectivity index is 1.64. The molecule has 0 spiro atoms. The van der Waals surface area contributed by atoms with Crippen molar-refractivity contribution in [3.05, 3.63) is 60.1 Å². The number of rotatable bonds is 4. The van der Waals surface area contributed by atoms with Gasteiger partial charge in [-0.15, -0.1) is 0 Å². The van der Waals surface area contributed by atoms with Gasteiger partial charge < -0.3 is 15.5 Å². The molecule has 5 nitrogen and oxygen atoms in total. The molecule has 2 aromatic heterocycles. The van der Waals surface area contributed by atoms with Crippen molar-refractivity contribution in [2.45, 2.75) is 6.42 Å². The summed E-state index contributed by atoms with van der Waals surface area (Å²) in [4.78, 5) is 16.0. The Morgan fingerprint density at radius 1 is 1.19 bits per heavy atom. The number of hydrogen-bond donors (Lipinski definition) is 2. The minimum atomic E-state index is -0.223. The van der Waals surface area contributed by atoms with Gasteiger partial charge in [0.05, 0.1) is 0 Å². The molecular weight excluding hydrogens is 266 g/mol. The molecule has 5 heteroatoms. The van der Waals surface area contributed by atoms with E-state index in [9.17, 15) is 4.79 Å². The summed E-state index contributed by atoms with van der Waals surface area (Å²) in [5.41, 5.74) is 8.14. The van der Waals surface area contributed by atoms with E-state index >= 15 is 0 Å². The largest absolute Gasteiger partial charge is 0.451 e. The predicted molar refractivity (Wildman–Crippen MR) is 80.9 cm³/mol. The van der Waals surface area contributed by atoms with E-state index < -0.39 is 0 Å². The van der Waals surface area contributed by atoms with Crippen molar-refractivity contribution in [2.75, 3.05) is 12.3 Å². The number of carbonyl (C=O) groups excluding carboxylic acids is 1. The lowest BCUT2D eigenvalue weighted by atomic mass is 10.2. The summed E-state index contributed by atoms with van der Waals surface area (Å²) < 4.78 is 5.51. The van der Waals surface area contributed by atoms with Gasteiger partial charge in [-0.1, -0.05) is 0 Å². The zero-order valence-electron chi connectivity index (χ0n) is 11.4. The Morgan fingerprint density at radius 2 is 2.00 bits per heavy atom.